The molecule has 2 rings (SSSR count). The number of carbonyl (C=O) groups excluding carboxylic acids is 1. The maximum atomic E-state index is 11.2. The molecule has 18 heavy (non-hydrogen) atoms. The van der Waals surface area contributed by atoms with Gasteiger partial charge in [0, 0.05) is 5.75 Å². The number of hydrogen-bond donors (Lipinski definition) is 0. The number of rotatable bonds is 5. The Morgan fingerprint density at radius 1 is 1.61 bits per heavy atom. The number of ether oxygens (including phenoxy) is 2. The highest BCUT2D eigenvalue weighted by Gasteiger charge is 2.23. The lowest BCUT2D eigenvalue weighted by molar-refractivity contribution is -0.141. The van der Waals surface area contributed by atoms with Crippen molar-refractivity contribution in [1.82, 2.24) is 20.2 Å². The maximum Gasteiger partial charge on any atom is 0.327 e. The van der Waals surface area contributed by atoms with E-state index in [1.807, 2.05) is 0 Å². The quantitative estimate of drug-likeness (QED) is 0.570. The molecule has 1 saturated heterocycles. The van der Waals surface area contributed by atoms with Crippen LogP contribution in [0.5, 0.6) is 0 Å². The zero-order valence-corrected chi connectivity index (χ0v) is 11.2. The van der Waals surface area contributed by atoms with Gasteiger partial charge in [0.05, 0.1) is 19.3 Å². The first-order valence-electron chi connectivity index (χ1n) is 5.80. The van der Waals surface area contributed by atoms with Gasteiger partial charge in [0.1, 0.15) is 6.54 Å². The van der Waals surface area contributed by atoms with E-state index in [1.165, 1.54) is 23.6 Å². The van der Waals surface area contributed by atoms with Crippen molar-refractivity contribution in [2.24, 2.45) is 0 Å². The van der Waals surface area contributed by atoms with Crippen molar-refractivity contribution < 1.29 is 14.3 Å². The Balaban J connectivity index is 1.85. The van der Waals surface area contributed by atoms with Gasteiger partial charge in [-0.05, 0) is 30.2 Å². The van der Waals surface area contributed by atoms with Gasteiger partial charge in [0.2, 0.25) is 5.16 Å². The van der Waals surface area contributed by atoms with Gasteiger partial charge in [-0.2, -0.15) is 0 Å². The summed E-state index contributed by atoms with van der Waals surface area (Å²) < 4.78 is 11.7. The molecule has 2 unspecified atom stereocenters. The first kappa shape index (κ1) is 13.3. The van der Waals surface area contributed by atoms with Crippen LogP contribution in [0.15, 0.2) is 5.16 Å². The van der Waals surface area contributed by atoms with Crippen LogP contribution in [0.1, 0.15) is 19.8 Å². The molecule has 8 heteroatoms. The number of hydrogen-bond acceptors (Lipinski definition) is 7. The van der Waals surface area contributed by atoms with Crippen molar-refractivity contribution in [2.45, 2.75) is 43.7 Å². The molecule has 100 valence electrons. The highest BCUT2D eigenvalue weighted by atomic mass is 32.2. The Kier molecular flexibility index (Phi) is 4.54. The fourth-order valence-corrected chi connectivity index (χ4v) is 2.69. The molecular formula is C10H16N4O3S. The average Bonchev–Trinajstić information content (AvgIpc) is 2.96. The fraction of sp³-hybridized carbons (Fsp3) is 0.800. The molecule has 0 aliphatic carbocycles. The molecule has 0 amide bonds. The van der Waals surface area contributed by atoms with Gasteiger partial charge in [-0.25, -0.2) is 4.68 Å². The molecular weight excluding hydrogens is 256 g/mol. The van der Waals surface area contributed by atoms with Crippen molar-refractivity contribution in [2.75, 3.05) is 12.9 Å². The second kappa shape index (κ2) is 6.14. The van der Waals surface area contributed by atoms with E-state index in [-0.39, 0.29) is 18.6 Å². The monoisotopic (exact) mass is 272 g/mol. The third-order valence-corrected chi connectivity index (χ3v) is 3.81. The van der Waals surface area contributed by atoms with Crippen molar-refractivity contribution in [1.29, 1.82) is 0 Å². The Hall–Kier alpha value is -1.15. The number of methoxy groups -OCH3 is 1. The van der Waals surface area contributed by atoms with Crippen LogP contribution >= 0.6 is 11.8 Å². The summed E-state index contributed by atoms with van der Waals surface area (Å²) in [6.45, 7) is 2.11. The zero-order valence-electron chi connectivity index (χ0n) is 10.4. The van der Waals surface area contributed by atoms with E-state index in [4.69, 9.17) is 4.74 Å². The minimum atomic E-state index is -0.366. The molecule has 0 radical (unpaired) electrons. The van der Waals surface area contributed by atoms with Gasteiger partial charge in [-0.1, -0.05) is 11.8 Å². The Labute approximate surface area is 109 Å². The molecule has 0 bridgehead atoms. The Bertz CT molecular complexity index is 412. The van der Waals surface area contributed by atoms with Crippen LogP contribution in [0, 0.1) is 0 Å². The van der Waals surface area contributed by atoms with Crippen LogP contribution < -0.4 is 0 Å². The van der Waals surface area contributed by atoms with Gasteiger partial charge in [0.25, 0.3) is 0 Å². The first-order valence-corrected chi connectivity index (χ1v) is 6.79. The molecule has 1 aromatic heterocycles. The van der Waals surface area contributed by atoms with Crippen LogP contribution in [-0.2, 0) is 20.8 Å². The maximum absolute atomic E-state index is 11.2. The van der Waals surface area contributed by atoms with Gasteiger partial charge >= 0.3 is 5.97 Å². The molecule has 1 aliphatic heterocycles. The summed E-state index contributed by atoms with van der Waals surface area (Å²) in [5, 5.41) is 11.8. The molecule has 1 aliphatic rings. The summed E-state index contributed by atoms with van der Waals surface area (Å²) in [5.74, 6) is 0.432. The van der Waals surface area contributed by atoms with E-state index < -0.39 is 0 Å². The fourth-order valence-electron chi connectivity index (χ4n) is 1.76. The number of carbonyl (C=O) groups is 1. The summed E-state index contributed by atoms with van der Waals surface area (Å²) in [6, 6.07) is 0. The number of esters is 1. The summed E-state index contributed by atoms with van der Waals surface area (Å²) in [5.41, 5.74) is 0. The summed E-state index contributed by atoms with van der Waals surface area (Å²) in [7, 11) is 1.34. The highest BCUT2D eigenvalue weighted by molar-refractivity contribution is 7.99. The summed E-state index contributed by atoms with van der Waals surface area (Å²) in [6.07, 6.45) is 2.74. The van der Waals surface area contributed by atoms with Crippen LogP contribution in [0.3, 0.4) is 0 Å². The second-order valence-corrected chi connectivity index (χ2v) is 5.14. The topological polar surface area (TPSA) is 79.1 Å². The SMILES string of the molecule is COC(=O)Cn1nnnc1SCC1CCC(C)O1. The molecule has 0 saturated carbocycles. The minimum Gasteiger partial charge on any atom is -0.468 e. The molecule has 0 N–H and O–H groups in total. The van der Waals surface area contributed by atoms with Crippen LogP contribution in [0.2, 0.25) is 0 Å². The van der Waals surface area contributed by atoms with E-state index in [9.17, 15) is 4.79 Å². The predicted molar refractivity (Wildman–Crippen MR) is 64.1 cm³/mol. The zero-order chi connectivity index (χ0) is 13.0. The standard InChI is InChI=1S/C10H16N4O3S/c1-7-3-4-8(17-7)6-18-10-11-12-13-14(10)5-9(15)16-2/h7-8H,3-6H2,1-2H3. The van der Waals surface area contributed by atoms with Crippen molar-refractivity contribution in [3.8, 4) is 0 Å². The lowest BCUT2D eigenvalue weighted by Gasteiger charge is -2.09. The van der Waals surface area contributed by atoms with Gasteiger partial charge < -0.3 is 9.47 Å². The normalized spacial score (nSPS) is 23.2. The predicted octanol–water partition coefficient (Wildman–Crippen LogP) is 0.506. The van der Waals surface area contributed by atoms with E-state index >= 15 is 0 Å². The highest BCUT2D eigenvalue weighted by Crippen LogP contribution is 2.25. The first-order chi connectivity index (χ1) is 8.69. The number of thioether (sulfide) groups is 1. The van der Waals surface area contributed by atoms with Gasteiger partial charge in [-0.15, -0.1) is 5.10 Å². The van der Waals surface area contributed by atoms with Crippen molar-refractivity contribution in [3.63, 3.8) is 0 Å². The molecule has 0 spiro atoms. The van der Waals surface area contributed by atoms with E-state index in [0.29, 0.717) is 11.3 Å². The van der Waals surface area contributed by atoms with Crippen LogP contribution in [-0.4, -0.2) is 51.2 Å². The number of tetrazole rings is 1. The Morgan fingerprint density at radius 2 is 2.44 bits per heavy atom. The molecule has 2 heterocycles. The van der Waals surface area contributed by atoms with Crippen molar-refractivity contribution in [3.05, 3.63) is 0 Å². The molecule has 1 fully saturated rings. The molecule has 7 nitrogen and oxygen atoms in total. The third kappa shape index (κ3) is 3.42. The van der Waals surface area contributed by atoms with Crippen molar-refractivity contribution >= 4 is 17.7 Å². The largest absolute Gasteiger partial charge is 0.468 e. The van der Waals surface area contributed by atoms with E-state index in [1.54, 1.807) is 0 Å². The molecule has 2 atom stereocenters. The minimum absolute atomic E-state index is 0.0355. The third-order valence-electron chi connectivity index (χ3n) is 2.72. The second-order valence-electron chi connectivity index (χ2n) is 4.15. The van der Waals surface area contributed by atoms with Crippen LogP contribution in [0.4, 0.5) is 0 Å². The smallest absolute Gasteiger partial charge is 0.327 e. The van der Waals surface area contributed by atoms with Crippen LogP contribution in [0.25, 0.3) is 0 Å². The lowest BCUT2D eigenvalue weighted by Crippen LogP contribution is -2.15. The Morgan fingerprint density at radius 3 is 3.11 bits per heavy atom. The molecule has 0 aromatic carbocycles. The summed E-state index contributed by atoms with van der Waals surface area (Å²) in [4.78, 5) is 11.2. The van der Waals surface area contributed by atoms with Gasteiger partial charge in [0.15, 0.2) is 0 Å². The van der Waals surface area contributed by atoms with Gasteiger partial charge in [-0.3, -0.25) is 4.79 Å². The summed E-state index contributed by atoms with van der Waals surface area (Å²) >= 11 is 1.50. The molecule has 1 aromatic rings. The van der Waals surface area contributed by atoms with E-state index in [0.717, 1.165) is 18.6 Å². The lowest BCUT2D eigenvalue weighted by atomic mass is 10.2. The number of aromatic nitrogens is 4. The average molecular weight is 272 g/mol. The number of nitrogens with zero attached hydrogens (tertiary/aromatic N) is 4. The van der Waals surface area contributed by atoms with E-state index in [2.05, 4.69) is 27.2 Å².